The quantitative estimate of drug-likeness (QED) is 0.264. The van der Waals surface area contributed by atoms with Gasteiger partial charge in [-0.1, -0.05) is 42.5 Å². The molecule has 3 amide bonds. The predicted octanol–water partition coefficient (Wildman–Crippen LogP) is 2.98. The Balaban J connectivity index is 1.59. The highest BCUT2D eigenvalue weighted by atomic mass is 16.6. The van der Waals surface area contributed by atoms with Crippen molar-refractivity contribution in [1.29, 1.82) is 0 Å². The summed E-state index contributed by atoms with van der Waals surface area (Å²) in [6, 6.07) is 18.8. The lowest BCUT2D eigenvalue weighted by Gasteiger charge is -2.40. The molecule has 5 atom stereocenters. The van der Waals surface area contributed by atoms with Crippen LogP contribution in [0.1, 0.15) is 43.4 Å². The molecule has 0 saturated heterocycles. The number of likely N-dealkylation sites (N-methyl/N-ethyl adjacent to an activating group) is 1. The van der Waals surface area contributed by atoms with Crippen LogP contribution in [0.25, 0.3) is 0 Å². The molecular weight excluding hydrogens is 622 g/mol. The largest absolute Gasteiger partial charge is 0.497 e. The number of aliphatic hydroxyl groups excluding tert-OH is 1. The standard InChI is InChI=1S/C35H41N3O10/c1-33(2,3)48-32(42)38(4)19-26(39)36-37-31(41)27-28(20-11-9-8-10-12-20)35(21-13-15-22(44-5)16-14-21)34(43,30(27)40)29-24(46-7)17-23(45-6)18-25(29)47-35/h8-18,27-28,30,40,43H,19H2,1-7H3,(H,36,39)(H,37,41)/t27-,28+,30-,34-,35-/m0/s1. The number of methoxy groups -OCH3 is 3. The highest BCUT2D eigenvalue weighted by Crippen LogP contribution is 2.70. The highest BCUT2D eigenvalue weighted by molar-refractivity contribution is 5.87. The number of nitrogens with one attached hydrogen (secondary N) is 2. The van der Waals surface area contributed by atoms with Crippen molar-refractivity contribution in [2.45, 2.75) is 49.6 Å². The Labute approximate surface area is 278 Å². The Hall–Kier alpha value is -5.01. The molecule has 3 aromatic rings. The average Bonchev–Trinajstić information content (AvgIpc) is 3.44. The summed E-state index contributed by atoms with van der Waals surface area (Å²) in [5.41, 5.74) is 1.02. The van der Waals surface area contributed by atoms with Gasteiger partial charge in [0.25, 0.3) is 5.91 Å². The van der Waals surface area contributed by atoms with Crippen LogP contribution in [0.2, 0.25) is 0 Å². The molecule has 13 heteroatoms. The molecule has 48 heavy (non-hydrogen) atoms. The molecule has 4 N–H and O–H groups in total. The number of hydrogen-bond donors (Lipinski definition) is 4. The van der Waals surface area contributed by atoms with Gasteiger partial charge in [0.1, 0.15) is 41.2 Å². The summed E-state index contributed by atoms with van der Waals surface area (Å²) in [5, 5.41) is 25.3. The summed E-state index contributed by atoms with van der Waals surface area (Å²) in [4.78, 5) is 40.4. The zero-order chi connectivity index (χ0) is 35.0. The first-order valence-electron chi connectivity index (χ1n) is 15.3. The van der Waals surface area contributed by atoms with Gasteiger partial charge in [-0.3, -0.25) is 20.4 Å². The van der Waals surface area contributed by atoms with Crippen LogP contribution in [0, 0.1) is 5.92 Å². The minimum Gasteiger partial charge on any atom is -0.497 e. The Morgan fingerprint density at radius 1 is 0.917 bits per heavy atom. The molecule has 1 heterocycles. The normalized spacial score (nSPS) is 24.0. The van der Waals surface area contributed by atoms with E-state index < -0.39 is 59.2 Å². The second-order valence-electron chi connectivity index (χ2n) is 12.8. The Morgan fingerprint density at radius 3 is 2.15 bits per heavy atom. The van der Waals surface area contributed by atoms with E-state index in [1.54, 1.807) is 87.5 Å². The molecule has 0 spiro atoms. The van der Waals surface area contributed by atoms with E-state index in [0.29, 0.717) is 22.6 Å². The van der Waals surface area contributed by atoms with Crippen LogP contribution in [-0.4, -0.2) is 79.6 Å². The van der Waals surface area contributed by atoms with Crippen LogP contribution in [0.15, 0.2) is 66.7 Å². The first-order chi connectivity index (χ1) is 22.7. The zero-order valence-corrected chi connectivity index (χ0v) is 27.9. The molecule has 1 fully saturated rings. The molecule has 2 aliphatic rings. The van der Waals surface area contributed by atoms with E-state index in [1.165, 1.54) is 28.4 Å². The molecule has 1 aliphatic heterocycles. The van der Waals surface area contributed by atoms with Crippen molar-refractivity contribution in [2.24, 2.45) is 5.92 Å². The van der Waals surface area contributed by atoms with Gasteiger partial charge in [-0.05, 0) is 44.0 Å². The maximum Gasteiger partial charge on any atom is 0.410 e. The third-order valence-corrected chi connectivity index (χ3v) is 8.67. The van der Waals surface area contributed by atoms with Gasteiger partial charge >= 0.3 is 6.09 Å². The minimum atomic E-state index is -2.27. The summed E-state index contributed by atoms with van der Waals surface area (Å²) in [7, 11) is 5.80. The van der Waals surface area contributed by atoms with Crippen molar-refractivity contribution < 1.29 is 48.3 Å². The molecule has 0 radical (unpaired) electrons. The van der Waals surface area contributed by atoms with Gasteiger partial charge in [0.2, 0.25) is 5.91 Å². The van der Waals surface area contributed by atoms with Crippen LogP contribution >= 0.6 is 0 Å². The lowest BCUT2D eigenvalue weighted by Crippen LogP contribution is -2.52. The lowest BCUT2D eigenvalue weighted by molar-refractivity contribution is -0.155. The lowest BCUT2D eigenvalue weighted by atomic mass is 9.70. The van der Waals surface area contributed by atoms with Crippen LogP contribution in [-0.2, 0) is 25.5 Å². The minimum absolute atomic E-state index is 0.133. The maximum absolute atomic E-state index is 14.1. The van der Waals surface area contributed by atoms with Crippen molar-refractivity contribution in [3.63, 3.8) is 0 Å². The molecule has 0 unspecified atom stereocenters. The van der Waals surface area contributed by atoms with Gasteiger partial charge in [0.05, 0.1) is 32.8 Å². The fourth-order valence-corrected chi connectivity index (χ4v) is 6.67. The molecule has 1 saturated carbocycles. The summed E-state index contributed by atoms with van der Waals surface area (Å²) in [6.45, 7) is 4.67. The second kappa shape index (κ2) is 12.9. The molecule has 0 aromatic heterocycles. The fourth-order valence-electron chi connectivity index (χ4n) is 6.67. The first-order valence-corrected chi connectivity index (χ1v) is 15.3. The van der Waals surface area contributed by atoms with Crippen molar-refractivity contribution in [3.8, 4) is 23.0 Å². The third kappa shape index (κ3) is 5.73. The number of ether oxygens (including phenoxy) is 5. The Morgan fingerprint density at radius 2 is 1.56 bits per heavy atom. The van der Waals surface area contributed by atoms with Crippen molar-refractivity contribution in [1.82, 2.24) is 15.8 Å². The number of fused-ring (bicyclic) bond motifs is 3. The second-order valence-corrected chi connectivity index (χ2v) is 12.8. The average molecular weight is 664 g/mol. The summed E-state index contributed by atoms with van der Waals surface area (Å²) < 4.78 is 28.6. The Kier molecular flexibility index (Phi) is 9.22. The summed E-state index contributed by atoms with van der Waals surface area (Å²) in [5.74, 6) is -2.65. The van der Waals surface area contributed by atoms with Crippen molar-refractivity contribution >= 4 is 17.9 Å². The smallest absolute Gasteiger partial charge is 0.410 e. The number of aliphatic hydroxyl groups is 2. The first kappa shape index (κ1) is 34.3. The van der Waals surface area contributed by atoms with Gasteiger partial charge in [-0.15, -0.1) is 0 Å². The number of rotatable bonds is 8. The number of amides is 3. The van der Waals surface area contributed by atoms with Gasteiger partial charge in [0, 0.05) is 25.1 Å². The van der Waals surface area contributed by atoms with Crippen LogP contribution < -0.4 is 29.8 Å². The number of carbonyl (C=O) groups is 3. The number of hydrogen-bond acceptors (Lipinski definition) is 10. The van der Waals surface area contributed by atoms with E-state index in [4.69, 9.17) is 23.7 Å². The number of hydrazine groups is 1. The van der Waals surface area contributed by atoms with E-state index in [1.807, 2.05) is 0 Å². The SMILES string of the molecule is COc1ccc([C@@]23Oc4cc(OC)cc(OC)c4[C@]2(O)[C@@H](O)[C@@H](C(=O)NNC(=O)CN(C)C(=O)OC(C)(C)C)[C@H]3c2ccccc2)cc1. The van der Waals surface area contributed by atoms with Crippen LogP contribution in [0.4, 0.5) is 4.79 Å². The topological polar surface area (TPSA) is 165 Å². The van der Waals surface area contributed by atoms with E-state index in [-0.39, 0.29) is 17.1 Å². The molecule has 256 valence electrons. The van der Waals surface area contributed by atoms with Gasteiger partial charge < -0.3 is 38.8 Å². The molecule has 3 aromatic carbocycles. The highest BCUT2D eigenvalue weighted by Gasteiger charge is 2.78. The maximum atomic E-state index is 14.1. The fraction of sp³-hybridized carbons (Fsp3) is 0.400. The number of carbonyl (C=O) groups excluding carboxylic acids is 3. The van der Waals surface area contributed by atoms with Gasteiger partial charge in [-0.2, -0.15) is 0 Å². The molecule has 5 rings (SSSR count). The van der Waals surface area contributed by atoms with Gasteiger partial charge in [-0.25, -0.2) is 4.79 Å². The summed E-state index contributed by atoms with van der Waals surface area (Å²) in [6.07, 6.45) is -2.52. The molecule has 0 bridgehead atoms. The number of nitrogens with zero attached hydrogens (tertiary/aromatic N) is 1. The van der Waals surface area contributed by atoms with Crippen LogP contribution in [0.3, 0.4) is 0 Å². The monoisotopic (exact) mass is 663 g/mol. The molecular formula is C35H41N3O10. The van der Waals surface area contributed by atoms with Crippen molar-refractivity contribution in [2.75, 3.05) is 34.9 Å². The predicted molar refractivity (Wildman–Crippen MR) is 173 cm³/mol. The van der Waals surface area contributed by atoms with Crippen molar-refractivity contribution in [3.05, 3.63) is 83.4 Å². The summed E-state index contributed by atoms with van der Waals surface area (Å²) >= 11 is 0. The third-order valence-electron chi connectivity index (χ3n) is 8.67. The van der Waals surface area contributed by atoms with E-state index >= 15 is 0 Å². The molecule has 13 nitrogen and oxygen atoms in total. The number of benzene rings is 3. The Bertz CT molecular complexity index is 1680. The molecule has 1 aliphatic carbocycles. The van der Waals surface area contributed by atoms with Gasteiger partial charge in [0.15, 0.2) is 11.2 Å². The van der Waals surface area contributed by atoms with E-state index in [2.05, 4.69) is 10.9 Å². The zero-order valence-electron chi connectivity index (χ0n) is 27.9. The van der Waals surface area contributed by atoms with E-state index in [0.717, 1.165) is 4.90 Å². The van der Waals surface area contributed by atoms with Crippen LogP contribution in [0.5, 0.6) is 23.0 Å². The van der Waals surface area contributed by atoms with E-state index in [9.17, 15) is 24.6 Å².